The summed E-state index contributed by atoms with van der Waals surface area (Å²) < 4.78 is 29.2. The summed E-state index contributed by atoms with van der Waals surface area (Å²) in [6.45, 7) is 1.70. The van der Waals surface area contributed by atoms with E-state index in [1.165, 1.54) is 5.56 Å². The summed E-state index contributed by atoms with van der Waals surface area (Å²) in [6.07, 6.45) is 0.483. The molecule has 2 heterocycles. The van der Waals surface area contributed by atoms with E-state index in [2.05, 4.69) is 29.4 Å². The Bertz CT molecular complexity index is 1410. The maximum absolute atomic E-state index is 13.7. The zero-order valence-corrected chi connectivity index (χ0v) is 21.1. The predicted octanol–water partition coefficient (Wildman–Crippen LogP) is 4.74. The number of hydrogen-bond donors (Lipinski definition) is 2. The highest BCUT2D eigenvalue weighted by Crippen LogP contribution is 2.33. The maximum Gasteiger partial charge on any atom is 0.269 e. The molecular formula is C30H30F2N4O2. The number of likely N-dealkylation sites (tertiary alicyclic amines) is 1. The Morgan fingerprint density at radius 3 is 2.05 bits per heavy atom. The highest BCUT2D eigenvalue weighted by molar-refractivity contribution is 5.90. The molecule has 1 fully saturated rings. The van der Waals surface area contributed by atoms with Crippen LogP contribution >= 0.6 is 0 Å². The fourth-order valence-corrected chi connectivity index (χ4v) is 5.03. The average molecular weight is 517 g/mol. The molecule has 0 bridgehead atoms. The van der Waals surface area contributed by atoms with Crippen LogP contribution in [0.15, 0.2) is 78.9 Å². The zero-order chi connectivity index (χ0) is 26.9. The molecule has 0 aliphatic carbocycles. The zero-order valence-electron chi connectivity index (χ0n) is 21.1. The van der Waals surface area contributed by atoms with E-state index in [0.717, 1.165) is 40.1 Å². The number of amides is 1. The molecule has 1 saturated heterocycles. The summed E-state index contributed by atoms with van der Waals surface area (Å²) in [5.41, 5.74) is 12.7. The van der Waals surface area contributed by atoms with Crippen molar-refractivity contribution in [2.24, 2.45) is 5.73 Å². The molecule has 3 aromatic carbocycles. The molecule has 1 aromatic heterocycles. The number of rotatable bonds is 8. The van der Waals surface area contributed by atoms with E-state index in [9.17, 15) is 18.7 Å². The van der Waals surface area contributed by atoms with Crippen LogP contribution in [0.5, 0.6) is 0 Å². The summed E-state index contributed by atoms with van der Waals surface area (Å²) >= 11 is 0. The van der Waals surface area contributed by atoms with Gasteiger partial charge in [0.05, 0.1) is 18.8 Å². The molecule has 1 aliphatic rings. The predicted molar refractivity (Wildman–Crippen MR) is 142 cm³/mol. The smallest absolute Gasteiger partial charge is 0.269 e. The molecule has 1 aliphatic heterocycles. The summed E-state index contributed by atoms with van der Waals surface area (Å²) in [5.74, 6) is -3.29. The molecule has 1 amide bonds. The lowest BCUT2D eigenvalue weighted by Gasteiger charge is -2.21. The van der Waals surface area contributed by atoms with Gasteiger partial charge in [-0.2, -0.15) is 5.10 Å². The first-order chi connectivity index (χ1) is 18.2. The van der Waals surface area contributed by atoms with E-state index < -0.39 is 17.9 Å². The second-order valence-electron chi connectivity index (χ2n) is 9.99. The number of aliphatic hydroxyl groups excluding tert-OH is 1. The molecule has 1 atom stereocenters. The fraction of sp³-hybridized carbons (Fsp3) is 0.267. The lowest BCUT2D eigenvalue weighted by molar-refractivity contribution is 0.0111. The standard InChI is InChI=1S/C30H30F2N4O2/c1-20-14-28(29(33)38)34-36(20)26-12-6-22(7-13-26)15-21-2-8-24(9-3-21)25-10-4-23(5-11-25)17-35-19-30(31,32)16-27(35)18-37/h2-14,27,37H,15-19H2,1H3,(H2,33,38)/t27-/m0/s1. The molecule has 38 heavy (non-hydrogen) atoms. The van der Waals surface area contributed by atoms with Crippen LogP contribution in [0.3, 0.4) is 0 Å². The quantitative estimate of drug-likeness (QED) is 0.354. The second-order valence-corrected chi connectivity index (χ2v) is 9.99. The van der Waals surface area contributed by atoms with Crippen molar-refractivity contribution in [2.45, 2.75) is 38.3 Å². The Morgan fingerprint density at radius 1 is 0.974 bits per heavy atom. The Hall–Kier alpha value is -3.88. The molecule has 8 heteroatoms. The number of aryl methyl sites for hydroxylation is 1. The normalized spacial score (nSPS) is 17.1. The van der Waals surface area contributed by atoms with Gasteiger partial charge >= 0.3 is 0 Å². The van der Waals surface area contributed by atoms with Crippen molar-refractivity contribution >= 4 is 5.91 Å². The molecule has 3 N–H and O–H groups in total. The van der Waals surface area contributed by atoms with Gasteiger partial charge in [0.1, 0.15) is 0 Å². The number of primary amides is 1. The number of nitrogens with zero attached hydrogens (tertiary/aromatic N) is 3. The van der Waals surface area contributed by atoms with Gasteiger partial charge < -0.3 is 10.8 Å². The third kappa shape index (κ3) is 5.66. The Kier molecular flexibility index (Phi) is 7.10. The van der Waals surface area contributed by atoms with Crippen LogP contribution in [0.4, 0.5) is 8.78 Å². The van der Waals surface area contributed by atoms with E-state index in [1.54, 1.807) is 15.6 Å². The van der Waals surface area contributed by atoms with E-state index in [4.69, 9.17) is 5.73 Å². The first-order valence-corrected chi connectivity index (χ1v) is 12.6. The third-order valence-corrected chi connectivity index (χ3v) is 7.05. The minimum atomic E-state index is -2.74. The van der Waals surface area contributed by atoms with Crippen molar-refractivity contribution in [1.29, 1.82) is 0 Å². The van der Waals surface area contributed by atoms with Gasteiger partial charge in [-0.05, 0) is 59.4 Å². The number of aromatic nitrogens is 2. The molecule has 0 unspecified atom stereocenters. The first kappa shape index (κ1) is 25.8. The summed E-state index contributed by atoms with van der Waals surface area (Å²) in [7, 11) is 0. The number of carbonyl (C=O) groups is 1. The Morgan fingerprint density at radius 2 is 1.53 bits per heavy atom. The molecular weight excluding hydrogens is 486 g/mol. The molecule has 196 valence electrons. The van der Waals surface area contributed by atoms with Gasteiger partial charge in [-0.3, -0.25) is 9.69 Å². The Labute approximate surface area is 220 Å². The van der Waals surface area contributed by atoms with Crippen LogP contribution in [0.25, 0.3) is 16.8 Å². The van der Waals surface area contributed by atoms with Crippen LogP contribution in [-0.2, 0) is 13.0 Å². The summed E-state index contributed by atoms with van der Waals surface area (Å²) in [5, 5.41) is 13.7. The second kappa shape index (κ2) is 10.5. The van der Waals surface area contributed by atoms with Crippen LogP contribution in [0.1, 0.15) is 39.3 Å². The summed E-state index contributed by atoms with van der Waals surface area (Å²) in [6, 6.07) is 25.5. The van der Waals surface area contributed by atoms with E-state index in [1.807, 2.05) is 55.5 Å². The van der Waals surface area contributed by atoms with Crippen LogP contribution in [0, 0.1) is 6.92 Å². The maximum atomic E-state index is 13.7. The summed E-state index contributed by atoms with van der Waals surface area (Å²) in [4.78, 5) is 13.1. The lowest BCUT2D eigenvalue weighted by Crippen LogP contribution is -2.32. The molecule has 0 radical (unpaired) electrons. The van der Waals surface area contributed by atoms with Gasteiger partial charge in [-0.25, -0.2) is 13.5 Å². The minimum absolute atomic E-state index is 0.243. The highest BCUT2D eigenvalue weighted by Gasteiger charge is 2.44. The molecule has 6 nitrogen and oxygen atoms in total. The molecule has 0 saturated carbocycles. The van der Waals surface area contributed by atoms with Crippen molar-refractivity contribution in [1.82, 2.24) is 14.7 Å². The SMILES string of the molecule is Cc1cc(C(N)=O)nn1-c1ccc(Cc2ccc(-c3ccc(CN4CC(F)(F)C[C@H]4CO)cc3)cc2)cc1. The first-order valence-electron chi connectivity index (χ1n) is 12.6. The Balaban J connectivity index is 1.21. The number of halogens is 2. The number of hydrogen-bond acceptors (Lipinski definition) is 4. The topological polar surface area (TPSA) is 84.4 Å². The van der Waals surface area contributed by atoms with Gasteiger partial charge in [-0.15, -0.1) is 0 Å². The molecule has 4 aromatic rings. The van der Waals surface area contributed by atoms with Gasteiger partial charge in [-0.1, -0.05) is 60.7 Å². The van der Waals surface area contributed by atoms with Gasteiger partial charge in [0.15, 0.2) is 5.69 Å². The van der Waals surface area contributed by atoms with Crippen molar-refractivity contribution in [3.8, 4) is 16.8 Å². The van der Waals surface area contributed by atoms with Crippen LogP contribution in [-0.4, -0.2) is 50.8 Å². The van der Waals surface area contributed by atoms with E-state index in [0.29, 0.717) is 6.54 Å². The largest absolute Gasteiger partial charge is 0.395 e. The van der Waals surface area contributed by atoms with Gasteiger partial charge in [0.2, 0.25) is 0 Å². The minimum Gasteiger partial charge on any atom is -0.395 e. The van der Waals surface area contributed by atoms with E-state index in [-0.39, 0.29) is 25.3 Å². The monoisotopic (exact) mass is 516 g/mol. The van der Waals surface area contributed by atoms with E-state index >= 15 is 0 Å². The lowest BCUT2D eigenvalue weighted by atomic mass is 9.99. The average Bonchev–Trinajstić information content (AvgIpc) is 3.44. The highest BCUT2D eigenvalue weighted by atomic mass is 19.3. The van der Waals surface area contributed by atoms with Gasteiger partial charge in [0, 0.05) is 24.7 Å². The van der Waals surface area contributed by atoms with Crippen LogP contribution in [0.2, 0.25) is 0 Å². The van der Waals surface area contributed by atoms with Crippen molar-refractivity contribution in [2.75, 3.05) is 13.2 Å². The number of carbonyl (C=O) groups excluding carboxylic acids is 1. The number of alkyl halides is 2. The third-order valence-electron chi connectivity index (χ3n) is 7.05. The fourth-order valence-electron chi connectivity index (χ4n) is 5.03. The molecule has 0 spiro atoms. The van der Waals surface area contributed by atoms with Gasteiger partial charge in [0.25, 0.3) is 11.8 Å². The molecule has 5 rings (SSSR count). The number of aliphatic hydroxyl groups is 1. The number of benzene rings is 3. The van der Waals surface area contributed by atoms with Crippen molar-refractivity contribution in [3.05, 3.63) is 107 Å². The van der Waals surface area contributed by atoms with Crippen molar-refractivity contribution < 1.29 is 18.7 Å². The van der Waals surface area contributed by atoms with Crippen molar-refractivity contribution in [3.63, 3.8) is 0 Å². The van der Waals surface area contributed by atoms with Crippen LogP contribution < -0.4 is 5.73 Å². The number of nitrogens with two attached hydrogens (primary N) is 1.